The maximum absolute atomic E-state index is 9.84. The topological polar surface area (TPSA) is 51.6 Å². The average Bonchev–Trinajstić information content (AvgIpc) is 2.45. The minimum absolute atomic E-state index is 0.334. The summed E-state index contributed by atoms with van der Waals surface area (Å²) in [6, 6.07) is 9.50. The van der Waals surface area contributed by atoms with Gasteiger partial charge in [-0.25, -0.2) is 0 Å². The van der Waals surface area contributed by atoms with Crippen LogP contribution in [0.3, 0.4) is 0 Å². The van der Waals surface area contributed by atoms with E-state index in [4.69, 9.17) is 9.47 Å². The molecule has 0 unspecified atom stereocenters. The Morgan fingerprint density at radius 1 is 1.19 bits per heavy atom. The smallest absolute Gasteiger partial charge is 0.130 e. The summed E-state index contributed by atoms with van der Waals surface area (Å²) in [7, 11) is 1.63. The molecule has 0 fully saturated rings. The lowest BCUT2D eigenvalue weighted by molar-refractivity contribution is 0.189. The fraction of sp³-hybridized carbons (Fsp3) is 0.353. The van der Waals surface area contributed by atoms with Gasteiger partial charge in [0, 0.05) is 23.4 Å². The highest BCUT2D eigenvalue weighted by Gasteiger charge is 2.10. The number of ether oxygens (including phenoxy) is 2. The second-order valence-corrected chi connectivity index (χ2v) is 5.15. The van der Waals surface area contributed by atoms with E-state index in [1.807, 2.05) is 44.2 Å². The standard InChI is InChI=1S/C17H21NO3/c1-11-5-6-17(16(7-11)13(3)19)21-10-14-9-15(20-4)8-12(2)18-14/h5-9,13,19H,10H2,1-4H3/t13-/m0/s1. The molecule has 0 amide bonds. The Morgan fingerprint density at radius 2 is 1.95 bits per heavy atom. The van der Waals surface area contributed by atoms with Crippen LogP contribution >= 0.6 is 0 Å². The first-order chi connectivity index (χ1) is 9.99. The zero-order valence-corrected chi connectivity index (χ0v) is 12.9. The van der Waals surface area contributed by atoms with Crippen LogP contribution in [0, 0.1) is 13.8 Å². The molecular weight excluding hydrogens is 266 g/mol. The molecule has 1 aromatic carbocycles. The Balaban J connectivity index is 2.18. The van der Waals surface area contributed by atoms with Gasteiger partial charge in [-0.3, -0.25) is 4.98 Å². The van der Waals surface area contributed by atoms with E-state index in [1.54, 1.807) is 14.0 Å². The van der Waals surface area contributed by atoms with Crippen LogP contribution in [0.2, 0.25) is 0 Å². The molecule has 0 aliphatic carbocycles. The normalized spacial score (nSPS) is 12.0. The van der Waals surface area contributed by atoms with Crippen LogP contribution in [-0.2, 0) is 6.61 Å². The molecule has 1 aromatic heterocycles. The van der Waals surface area contributed by atoms with E-state index in [1.165, 1.54) is 0 Å². The predicted octanol–water partition coefficient (Wildman–Crippen LogP) is 3.34. The lowest BCUT2D eigenvalue weighted by Gasteiger charge is -2.14. The van der Waals surface area contributed by atoms with E-state index >= 15 is 0 Å². The summed E-state index contributed by atoms with van der Waals surface area (Å²) >= 11 is 0. The van der Waals surface area contributed by atoms with Crippen molar-refractivity contribution in [3.63, 3.8) is 0 Å². The Morgan fingerprint density at radius 3 is 2.62 bits per heavy atom. The van der Waals surface area contributed by atoms with Crippen molar-refractivity contribution in [3.05, 3.63) is 52.8 Å². The fourth-order valence-corrected chi connectivity index (χ4v) is 2.17. The van der Waals surface area contributed by atoms with E-state index in [0.29, 0.717) is 12.4 Å². The summed E-state index contributed by atoms with van der Waals surface area (Å²) in [5.41, 5.74) is 3.56. The van der Waals surface area contributed by atoms with Gasteiger partial charge in [-0.15, -0.1) is 0 Å². The summed E-state index contributed by atoms with van der Waals surface area (Å²) in [6.07, 6.45) is -0.570. The van der Waals surface area contributed by atoms with Crippen LogP contribution in [0.5, 0.6) is 11.5 Å². The third kappa shape index (κ3) is 3.95. The summed E-state index contributed by atoms with van der Waals surface area (Å²) in [5.74, 6) is 1.44. The summed E-state index contributed by atoms with van der Waals surface area (Å²) < 4.78 is 11.0. The maximum Gasteiger partial charge on any atom is 0.130 e. The van der Waals surface area contributed by atoms with Crippen molar-refractivity contribution in [1.29, 1.82) is 0 Å². The van der Waals surface area contributed by atoms with E-state index < -0.39 is 6.10 Å². The number of aromatic nitrogens is 1. The third-order valence-corrected chi connectivity index (χ3v) is 3.21. The number of aliphatic hydroxyl groups is 1. The van der Waals surface area contributed by atoms with E-state index in [0.717, 1.165) is 28.3 Å². The Labute approximate surface area is 125 Å². The highest BCUT2D eigenvalue weighted by molar-refractivity contribution is 5.38. The van der Waals surface area contributed by atoms with E-state index in [-0.39, 0.29) is 0 Å². The highest BCUT2D eigenvalue weighted by atomic mass is 16.5. The van der Waals surface area contributed by atoms with Gasteiger partial charge in [0.05, 0.1) is 18.9 Å². The molecule has 2 rings (SSSR count). The van der Waals surface area contributed by atoms with Gasteiger partial charge in [-0.1, -0.05) is 11.6 Å². The van der Waals surface area contributed by atoms with Crippen molar-refractivity contribution in [2.75, 3.05) is 7.11 Å². The molecule has 0 bridgehead atoms. The summed E-state index contributed by atoms with van der Waals surface area (Å²) in [4.78, 5) is 4.42. The van der Waals surface area contributed by atoms with Gasteiger partial charge < -0.3 is 14.6 Å². The number of nitrogens with zero attached hydrogens (tertiary/aromatic N) is 1. The van der Waals surface area contributed by atoms with Gasteiger partial charge in [0.15, 0.2) is 0 Å². The van der Waals surface area contributed by atoms with Gasteiger partial charge in [0.2, 0.25) is 0 Å². The van der Waals surface area contributed by atoms with Crippen LogP contribution in [0.25, 0.3) is 0 Å². The number of hydrogen-bond acceptors (Lipinski definition) is 4. The predicted molar refractivity (Wildman–Crippen MR) is 81.7 cm³/mol. The van der Waals surface area contributed by atoms with E-state index in [2.05, 4.69) is 4.98 Å². The van der Waals surface area contributed by atoms with Crippen LogP contribution in [0.4, 0.5) is 0 Å². The van der Waals surface area contributed by atoms with Crippen LogP contribution in [-0.4, -0.2) is 17.2 Å². The van der Waals surface area contributed by atoms with Gasteiger partial charge >= 0.3 is 0 Å². The number of aliphatic hydroxyl groups excluding tert-OH is 1. The first kappa shape index (κ1) is 15.3. The van der Waals surface area contributed by atoms with Crippen molar-refractivity contribution < 1.29 is 14.6 Å². The molecule has 112 valence electrons. The van der Waals surface area contributed by atoms with E-state index in [9.17, 15) is 5.11 Å². The van der Waals surface area contributed by atoms with Crippen molar-refractivity contribution >= 4 is 0 Å². The largest absolute Gasteiger partial charge is 0.497 e. The summed E-state index contributed by atoms with van der Waals surface area (Å²) in [5, 5.41) is 9.84. The third-order valence-electron chi connectivity index (χ3n) is 3.21. The van der Waals surface area contributed by atoms with Crippen LogP contribution in [0.1, 0.15) is 35.5 Å². The lowest BCUT2D eigenvalue weighted by atomic mass is 10.1. The summed E-state index contributed by atoms with van der Waals surface area (Å²) in [6.45, 7) is 5.97. The quantitative estimate of drug-likeness (QED) is 0.916. The van der Waals surface area contributed by atoms with Crippen molar-refractivity contribution in [2.45, 2.75) is 33.5 Å². The van der Waals surface area contributed by atoms with Crippen LogP contribution in [0.15, 0.2) is 30.3 Å². The molecule has 2 aromatic rings. The zero-order valence-electron chi connectivity index (χ0n) is 12.9. The van der Waals surface area contributed by atoms with Crippen molar-refractivity contribution in [1.82, 2.24) is 4.98 Å². The Hall–Kier alpha value is -2.07. The molecule has 1 atom stereocenters. The highest BCUT2D eigenvalue weighted by Crippen LogP contribution is 2.27. The monoisotopic (exact) mass is 287 g/mol. The molecule has 0 radical (unpaired) electrons. The zero-order chi connectivity index (χ0) is 15.4. The molecule has 0 saturated carbocycles. The molecule has 4 nitrogen and oxygen atoms in total. The second-order valence-electron chi connectivity index (χ2n) is 5.15. The number of benzene rings is 1. The Bertz CT molecular complexity index is 623. The van der Waals surface area contributed by atoms with Gasteiger partial charge in [0.25, 0.3) is 0 Å². The fourth-order valence-electron chi connectivity index (χ4n) is 2.17. The minimum Gasteiger partial charge on any atom is -0.497 e. The van der Waals surface area contributed by atoms with Crippen molar-refractivity contribution in [3.8, 4) is 11.5 Å². The SMILES string of the molecule is COc1cc(C)nc(COc2ccc(C)cc2[C@H](C)O)c1. The minimum atomic E-state index is -0.570. The van der Waals surface area contributed by atoms with Gasteiger partial charge in [-0.05, 0) is 32.9 Å². The number of methoxy groups -OCH3 is 1. The number of rotatable bonds is 5. The average molecular weight is 287 g/mol. The van der Waals surface area contributed by atoms with Crippen molar-refractivity contribution in [2.24, 2.45) is 0 Å². The molecule has 1 heterocycles. The number of aryl methyl sites for hydroxylation is 2. The lowest BCUT2D eigenvalue weighted by Crippen LogP contribution is -2.04. The first-order valence-electron chi connectivity index (χ1n) is 6.92. The van der Waals surface area contributed by atoms with Gasteiger partial charge in [-0.2, -0.15) is 0 Å². The molecule has 0 aliphatic heterocycles. The Kier molecular flexibility index (Phi) is 4.81. The first-order valence-corrected chi connectivity index (χ1v) is 6.92. The molecular formula is C17H21NO3. The molecule has 1 N–H and O–H groups in total. The molecule has 0 saturated heterocycles. The van der Waals surface area contributed by atoms with Gasteiger partial charge in [0.1, 0.15) is 18.1 Å². The van der Waals surface area contributed by atoms with Crippen LogP contribution < -0.4 is 9.47 Å². The second kappa shape index (κ2) is 6.59. The molecule has 0 spiro atoms. The molecule has 4 heteroatoms. The molecule has 0 aliphatic rings. The number of hydrogen-bond donors (Lipinski definition) is 1. The molecule has 21 heavy (non-hydrogen) atoms. The number of pyridine rings is 1. The maximum atomic E-state index is 9.84.